The molecule has 3 aromatic rings. The van der Waals surface area contributed by atoms with Crippen molar-refractivity contribution in [2.75, 3.05) is 13.1 Å². The first-order chi connectivity index (χ1) is 11.6. The van der Waals surface area contributed by atoms with Crippen LogP contribution in [0.5, 0.6) is 0 Å². The van der Waals surface area contributed by atoms with Gasteiger partial charge in [0.2, 0.25) is 0 Å². The highest BCUT2D eigenvalue weighted by atomic mass is 19.1. The van der Waals surface area contributed by atoms with Gasteiger partial charge in [-0.25, -0.2) is 14.4 Å². The van der Waals surface area contributed by atoms with E-state index in [2.05, 4.69) is 15.0 Å². The number of fused-ring (bicyclic) bond motifs is 1. The van der Waals surface area contributed by atoms with Gasteiger partial charge in [0.15, 0.2) is 0 Å². The summed E-state index contributed by atoms with van der Waals surface area (Å²) in [6, 6.07) is 8.38. The number of aryl methyl sites for hydroxylation is 1. The fourth-order valence-corrected chi connectivity index (χ4v) is 3.23. The molecule has 0 unspecified atom stereocenters. The molecular formula is C18H17FN4O. The molecule has 2 aromatic heterocycles. The van der Waals surface area contributed by atoms with Gasteiger partial charge in [0.05, 0.1) is 5.52 Å². The number of para-hydroxylation sites is 1. The molecule has 3 heterocycles. The molecule has 0 bridgehead atoms. The predicted octanol–water partition coefficient (Wildman–Crippen LogP) is 3.04. The number of likely N-dealkylation sites (tertiary alicyclic amines) is 1. The van der Waals surface area contributed by atoms with Gasteiger partial charge < -0.3 is 9.88 Å². The van der Waals surface area contributed by atoms with E-state index >= 15 is 0 Å². The SMILES string of the molecule is Cc1ccnc([C@@H]2CCN(C(=O)c3cc4cccc(F)c4[nH]3)C2)n1. The molecule has 1 amide bonds. The van der Waals surface area contributed by atoms with Crippen LogP contribution in [0, 0.1) is 12.7 Å². The fraction of sp³-hybridized carbons (Fsp3) is 0.278. The van der Waals surface area contributed by atoms with E-state index in [0.717, 1.165) is 17.9 Å². The Bertz CT molecular complexity index is 920. The average Bonchev–Trinajstić information content (AvgIpc) is 3.22. The second-order valence-corrected chi connectivity index (χ2v) is 6.18. The molecule has 1 N–H and O–H groups in total. The number of hydrogen-bond acceptors (Lipinski definition) is 3. The predicted molar refractivity (Wildman–Crippen MR) is 88.3 cm³/mol. The van der Waals surface area contributed by atoms with Crippen LogP contribution in [0.25, 0.3) is 10.9 Å². The highest BCUT2D eigenvalue weighted by molar-refractivity contribution is 5.98. The number of halogens is 1. The van der Waals surface area contributed by atoms with Gasteiger partial charge in [0.1, 0.15) is 17.3 Å². The lowest BCUT2D eigenvalue weighted by molar-refractivity contribution is 0.0785. The number of nitrogens with one attached hydrogen (secondary N) is 1. The molecule has 1 aromatic carbocycles. The van der Waals surface area contributed by atoms with Crippen LogP contribution in [0.4, 0.5) is 4.39 Å². The normalized spacial score (nSPS) is 17.6. The monoisotopic (exact) mass is 324 g/mol. The lowest BCUT2D eigenvalue weighted by atomic mass is 10.1. The molecule has 0 aliphatic carbocycles. The topological polar surface area (TPSA) is 61.9 Å². The van der Waals surface area contributed by atoms with E-state index in [0.29, 0.717) is 29.7 Å². The highest BCUT2D eigenvalue weighted by Crippen LogP contribution is 2.27. The van der Waals surface area contributed by atoms with Gasteiger partial charge in [-0.2, -0.15) is 0 Å². The molecule has 0 saturated carbocycles. The average molecular weight is 324 g/mol. The maximum absolute atomic E-state index is 13.8. The van der Waals surface area contributed by atoms with Crippen molar-refractivity contribution in [1.82, 2.24) is 19.9 Å². The van der Waals surface area contributed by atoms with Crippen LogP contribution in [0.3, 0.4) is 0 Å². The summed E-state index contributed by atoms with van der Waals surface area (Å²) < 4.78 is 13.8. The molecule has 122 valence electrons. The Balaban J connectivity index is 1.55. The number of hydrogen-bond donors (Lipinski definition) is 1. The third-order valence-electron chi connectivity index (χ3n) is 4.49. The number of carbonyl (C=O) groups is 1. The number of carbonyl (C=O) groups excluding carboxylic acids is 1. The minimum absolute atomic E-state index is 0.110. The largest absolute Gasteiger partial charge is 0.348 e. The molecule has 1 aliphatic heterocycles. The molecule has 0 radical (unpaired) electrons. The molecular weight excluding hydrogens is 307 g/mol. The Morgan fingerprint density at radius 1 is 1.38 bits per heavy atom. The minimum Gasteiger partial charge on any atom is -0.348 e. The van der Waals surface area contributed by atoms with Crippen molar-refractivity contribution in [2.45, 2.75) is 19.3 Å². The van der Waals surface area contributed by atoms with E-state index in [9.17, 15) is 9.18 Å². The number of amides is 1. The standard InChI is InChI=1S/C18H17FN4O/c1-11-5-7-20-17(21-11)13-6-8-23(10-13)18(24)15-9-12-3-2-4-14(19)16(12)22-15/h2-5,7,9,13,22H,6,8,10H2,1H3/t13-/m1/s1. The quantitative estimate of drug-likeness (QED) is 0.788. The first kappa shape index (κ1) is 14.8. The van der Waals surface area contributed by atoms with Crippen LogP contribution in [-0.2, 0) is 0 Å². The van der Waals surface area contributed by atoms with Gasteiger partial charge in [-0.1, -0.05) is 12.1 Å². The van der Waals surface area contributed by atoms with Crippen LogP contribution in [-0.4, -0.2) is 38.8 Å². The second-order valence-electron chi connectivity index (χ2n) is 6.18. The fourth-order valence-electron chi connectivity index (χ4n) is 3.23. The number of aromatic nitrogens is 3. The number of benzene rings is 1. The molecule has 1 atom stereocenters. The Hall–Kier alpha value is -2.76. The first-order valence-corrected chi connectivity index (χ1v) is 7.98. The van der Waals surface area contributed by atoms with Crippen molar-refractivity contribution >= 4 is 16.8 Å². The van der Waals surface area contributed by atoms with E-state index in [4.69, 9.17) is 0 Å². The minimum atomic E-state index is -0.348. The van der Waals surface area contributed by atoms with E-state index < -0.39 is 0 Å². The van der Waals surface area contributed by atoms with Crippen LogP contribution in [0.1, 0.15) is 34.3 Å². The van der Waals surface area contributed by atoms with Crippen LogP contribution < -0.4 is 0 Å². The van der Waals surface area contributed by atoms with Crippen LogP contribution >= 0.6 is 0 Å². The van der Waals surface area contributed by atoms with Crippen molar-refractivity contribution in [3.05, 3.63) is 59.6 Å². The zero-order chi connectivity index (χ0) is 16.7. The maximum atomic E-state index is 13.8. The zero-order valence-electron chi connectivity index (χ0n) is 13.3. The number of aromatic amines is 1. The van der Waals surface area contributed by atoms with Crippen LogP contribution in [0.2, 0.25) is 0 Å². The van der Waals surface area contributed by atoms with E-state index in [-0.39, 0.29) is 17.6 Å². The third kappa shape index (κ3) is 2.54. The number of rotatable bonds is 2. The summed E-state index contributed by atoms with van der Waals surface area (Å²) in [6.45, 7) is 3.17. The molecule has 0 spiro atoms. The maximum Gasteiger partial charge on any atom is 0.270 e. The highest BCUT2D eigenvalue weighted by Gasteiger charge is 2.30. The van der Waals surface area contributed by atoms with Gasteiger partial charge in [-0.3, -0.25) is 4.79 Å². The second kappa shape index (κ2) is 5.70. The molecule has 1 saturated heterocycles. The van der Waals surface area contributed by atoms with E-state index in [1.54, 1.807) is 29.3 Å². The van der Waals surface area contributed by atoms with Gasteiger partial charge in [-0.15, -0.1) is 0 Å². The molecule has 24 heavy (non-hydrogen) atoms. The van der Waals surface area contributed by atoms with Crippen molar-refractivity contribution in [1.29, 1.82) is 0 Å². The summed E-state index contributed by atoms with van der Waals surface area (Å²) in [5, 5.41) is 0.705. The first-order valence-electron chi connectivity index (χ1n) is 7.98. The van der Waals surface area contributed by atoms with Crippen LogP contribution in [0.15, 0.2) is 36.5 Å². The summed E-state index contributed by atoms with van der Waals surface area (Å²) in [5.74, 6) is 0.475. The van der Waals surface area contributed by atoms with Gasteiger partial charge in [-0.05, 0) is 31.5 Å². The van der Waals surface area contributed by atoms with Crippen molar-refractivity contribution < 1.29 is 9.18 Å². The summed E-state index contributed by atoms with van der Waals surface area (Å²) in [6.07, 6.45) is 2.59. The Kier molecular flexibility index (Phi) is 3.52. The smallest absolute Gasteiger partial charge is 0.270 e. The molecule has 1 fully saturated rings. The van der Waals surface area contributed by atoms with Gasteiger partial charge in [0.25, 0.3) is 5.91 Å². The summed E-state index contributed by atoms with van der Waals surface area (Å²) in [5.41, 5.74) is 1.72. The lowest BCUT2D eigenvalue weighted by Crippen LogP contribution is -2.28. The zero-order valence-corrected chi connectivity index (χ0v) is 13.3. The van der Waals surface area contributed by atoms with Crippen molar-refractivity contribution in [3.63, 3.8) is 0 Å². The summed E-state index contributed by atoms with van der Waals surface area (Å²) >= 11 is 0. The Morgan fingerprint density at radius 3 is 3.04 bits per heavy atom. The van der Waals surface area contributed by atoms with E-state index in [1.807, 2.05) is 13.0 Å². The van der Waals surface area contributed by atoms with Crippen molar-refractivity contribution in [3.8, 4) is 0 Å². The summed E-state index contributed by atoms with van der Waals surface area (Å²) in [7, 11) is 0. The van der Waals surface area contributed by atoms with Gasteiger partial charge >= 0.3 is 0 Å². The van der Waals surface area contributed by atoms with Gasteiger partial charge in [0, 0.05) is 36.3 Å². The third-order valence-corrected chi connectivity index (χ3v) is 4.49. The van der Waals surface area contributed by atoms with E-state index in [1.165, 1.54) is 6.07 Å². The molecule has 1 aliphatic rings. The Morgan fingerprint density at radius 2 is 2.25 bits per heavy atom. The number of H-pyrrole nitrogens is 1. The number of nitrogens with zero attached hydrogens (tertiary/aromatic N) is 3. The summed E-state index contributed by atoms with van der Waals surface area (Å²) in [4.78, 5) is 26.2. The molecule has 6 heteroatoms. The van der Waals surface area contributed by atoms with Crippen molar-refractivity contribution in [2.24, 2.45) is 0 Å². The molecule has 5 nitrogen and oxygen atoms in total. The Labute approximate surface area is 138 Å². The molecule has 4 rings (SSSR count). The lowest BCUT2D eigenvalue weighted by Gasteiger charge is -2.15.